The van der Waals surface area contributed by atoms with Gasteiger partial charge in [0.2, 0.25) is 23.6 Å². The van der Waals surface area contributed by atoms with E-state index >= 15 is 0 Å². The largest absolute Gasteiger partial charge is 0.343 e. The summed E-state index contributed by atoms with van der Waals surface area (Å²) in [5, 5.41) is 8.38. The highest BCUT2D eigenvalue weighted by Gasteiger charge is 2.40. The summed E-state index contributed by atoms with van der Waals surface area (Å²) >= 11 is 0. The molecule has 5 amide bonds. The number of amides is 5. The van der Waals surface area contributed by atoms with E-state index in [0.717, 1.165) is 5.56 Å². The Labute approximate surface area is 240 Å². The molecule has 0 aromatic heterocycles. The van der Waals surface area contributed by atoms with Gasteiger partial charge in [-0.05, 0) is 43.4 Å². The number of carbonyl (C=O) groups is 5. The van der Waals surface area contributed by atoms with Gasteiger partial charge in [0.25, 0.3) is 5.91 Å². The number of rotatable bonds is 4. The number of nitrogens with one attached hydrogen (secondary N) is 3. The number of nitrogens with zero attached hydrogens (tertiary/aromatic N) is 2. The van der Waals surface area contributed by atoms with E-state index in [1.54, 1.807) is 38.2 Å². The van der Waals surface area contributed by atoms with Crippen LogP contribution in [0.5, 0.6) is 0 Å². The van der Waals surface area contributed by atoms with Gasteiger partial charge >= 0.3 is 0 Å². The van der Waals surface area contributed by atoms with E-state index in [0.29, 0.717) is 31.5 Å². The second-order valence-electron chi connectivity index (χ2n) is 10.9. The third-order valence-corrected chi connectivity index (χ3v) is 8.15. The van der Waals surface area contributed by atoms with Gasteiger partial charge in [-0.3, -0.25) is 24.0 Å². The number of carbonyl (C=O) groups excluding carboxylic acids is 5. The van der Waals surface area contributed by atoms with Crippen molar-refractivity contribution in [1.29, 1.82) is 0 Å². The summed E-state index contributed by atoms with van der Waals surface area (Å²) < 4.78 is 0. The average molecular weight is 562 g/mol. The molecule has 2 aliphatic rings. The molecule has 41 heavy (non-hydrogen) atoms. The van der Waals surface area contributed by atoms with E-state index < -0.39 is 41.9 Å². The van der Waals surface area contributed by atoms with Gasteiger partial charge in [0.05, 0.1) is 11.3 Å². The Hall–Kier alpha value is -4.21. The molecular formula is C31H39N5O5. The Kier molecular flexibility index (Phi) is 9.42. The summed E-state index contributed by atoms with van der Waals surface area (Å²) in [7, 11) is 1.57. The Balaban J connectivity index is 1.77. The lowest BCUT2D eigenvalue weighted by atomic mass is 9.97. The van der Waals surface area contributed by atoms with E-state index in [4.69, 9.17) is 0 Å². The van der Waals surface area contributed by atoms with Crippen molar-refractivity contribution < 1.29 is 24.0 Å². The van der Waals surface area contributed by atoms with Crippen LogP contribution in [0, 0.1) is 5.92 Å². The Morgan fingerprint density at radius 1 is 0.902 bits per heavy atom. The molecule has 218 valence electrons. The number of para-hydroxylation sites is 1. The molecule has 2 aliphatic heterocycles. The molecule has 0 unspecified atom stereocenters. The summed E-state index contributed by atoms with van der Waals surface area (Å²) in [6.45, 7) is 5.70. The molecule has 2 aromatic carbocycles. The number of hydrogen-bond acceptors (Lipinski definition) is 5. The smallest absolute Gasteiger partial charge is 0.256 e. The first-order valence-corrected chi connectivity index (χ1v) is 14.2. The summed E-state index contributed by atoms with van der Waals surface area (Å²) in [5.41, 5.74) is 1.42. The summed E-state index contributed by atoms with van der Waals surface area (Å²) in [4.78, 5) is 71.0. The summed E-state index contributed by atoms with van der Waals surface area (Å²) in [6, 6.07) is 12.5. The third-order valence-electron chi connectivity index (χ3n) is 8.15. The quantitative estimate of drug-likeness (QED) is 0.528. The molecule has 3 N–H and O–H groups in total. The maximum Gasteiger partial charge on any atom is 0.256 e. The number of benzene rings is 2. The molecule has 2 aromatic rings. The maximum absolute atomic E-state index is 13.9. The monoisotopic (exact) mass is 561 g/mol. The van der Waals surface area contributed by atoms with Gasteiger partial charge in [-0.25, -0.2) is 0 Å². The number of hydrogen-bond donors (Lipinski definition) is 3. The molecule has 4 rings (SSSR count). The van der Waals surface area contributed by atoms with Crippen LogP contribution in [0.3, 0.4) is 0 Å². The van der Waals surface area contributed by atoms with Gasteiger partial charge in [-0.15, -0.1) is 0 Å². The van der Waals surface area contributed by atoms with E-state index in [1.165, 1.54) is 9.80 Å². The molecule has 1 fully saturated rings. The van der Waals surface area contributed by atoms with Gasteiger partial charge < -0.3 is 25.8 Å². The van der Waals surface area contributed by atoms with Crippen molar-refractivity contribution in [2.45, 2.75) is 70.6 Å². The maximum atomic E-state index is 13.9. The lowest BCUT2D eigenvalue weighted by Crippen LogP contribution is -2.58. The van der Waals surface area contributed by atoms with E-state index in [-0.39, 0.29) is 29.7 Å². The van der Waals surface area contributed by atoms with Crippen molar-refractivity contribution in [2.75, 3.05) is 18.9 Å². The second-order valence-corrected chi connectivity index (χ2v) is 10.9. The van der Waals surface area contributed by atoms with Crippen LogP contribution in [-0.2, 0) is 25.6 Å². The number of likely N-dealkylation sites (N-methyl/N-ethyl adjacent to an activating group) is 1. The zero-order chi connectivity index (χ0) is 29.7. The molecule has 10 nitrogen and oxygen atoms in total. The predicted octanol–water partition coefficient (Wildman–Crippen LogP) is 2.35. The Morgan fingerprint density at radius 3 is 2.29 bits per heavy atom. The second kappa shape index (κ2) is 13.0. The van der Waals surface area contributed by atoms with Gasteiger partial charge in [-0.2, -0.15) is 0 Å². The van der Waals surface area contributed by atoms with Gasteiger partial charge in [0, 0.05) is 20.0 Å². The Bertz CT molecular complexity index is 1300. The topological polar surface area (TPSA) is 128 Å². The highest BCUT2D eigenvalue weighted by molar-refractivity contribution is 6.07. The van der Waals surface area contributed by atoms with Crippen molar-refractivity contribution in [3.8, 4) is 0 Å². The number of anilines is 1. The van der Waals surface area contributed by atoms with Crippen molar-refractivity contribution in [3.05, 3.63) is 65.7 Å². The van der Waals surface area contributed by atoms with Crippen LogP contribution in [0.25, 0.3) is 0 Å². The van der Waals surface area contributed by atoms with E-state index in [1.807, 2.05) is 44.2 Å². The first kappa shape index (κ1) is 29.8. The van der Waals surface area contributed by atoms with Crippen LogP contribution in [0.15, 0.2) is 54.6 Å². The standard InChI is InChI=1S/C31H39N5O5/c1-5-19(2)26-29(39)33-23-15-10-9-14-22(23)30(40)36-17-11-16-24(36)31(41)35(4)25(18-21-12-7-6-8-13-21)28(38)32-20(3)27(37)34-26/h6-10,12-15,19-20,24-26H,5,11,16-18H2,1-4H3,(H,32,38)(H,33,39)(H,34,37)/t19-,20+,24-,25-,26-/m0/s1. The molecule has 0 radical (unpaired) electrons. The lowest BCUT2D eigenvalue weighted by Gasteiger charge is -2.34. The van der Waals surface area contributed by atoms with Crippen LogP contribution in [0.2, 0.25) is 0 Å². The lowest BCUT2D eigenvalue weighted by molar-refractivity contribution is -0.142. The van der Waals surface area contributed by atoms with Crippen molar-refractivity contribution in [1.82, 2.24) is 20.4 Å². The zero-order valence-electron chi connectivity index (χ0n) is 24.1. The molecule has 0 saturated carbocycles. The zero-order valence-corrected chi connectivity index (χ0v) is 24.1. The summed E-state index contributed by atoms with van der Waals surface area (Å²) in [5.74, 6) is -2.43. The molecule has 0 spiro atoms. The fourth-order valence-corrected chi connectivity index (χ4v) is 5.40. The fourth-order valence-electron chi connectivity index (χ4n) is 5.40. The molecule has 2 heterocycles. The molecule has 0 aliphatic carbocycles. The molecule has 1 saturated heterocycles. The van der Waals surface area contributed by atoms with Crippen LogP contribution in [0.4, 0.5) is 5.69 Å². The first-order chi connectivity index (χ1) is 19.6. The van der Waals surface area contributed by atoms with Crippen LogP contribution in [0.1, 0.15) is 56.0 Å². The number of fused-ring (bicyclic) bond motifs is 2. The van der Waals surface area contributed by atoms with Gasteiger partial charge in [-0.1, -0.05) is 62.7 Å². The Morgan fingerprint density at radius 2 is 1.59 bits per heavy atom. The molecule has 5 atom stereocenters. The van der Waals surface area contributed by atoms with Gasteiger partial charge in [0.1, 0.15) is 24.2 Å². The normalized spacial score (nSPS) is 25.1. The SMILES string of the molecule is CC[C@H](C)[C@@H]1NC(=O)[C@@H](C)NC(=O)[C@H](Cc2ccccc2)N(C)C(=O)[C@@H]2CCCN2C(=O)c2ccccc2NC1=O. The molecule has 10 heteroatoms. The highest BCUT2D eigenvalue weighted by atomic mass is 16.2. The van der Waals surface area contributed by atoms with Crippen LogP contribution in [-0.4, -0.2) is 77.1 Å². The minimum Gasteiger partial charge on any atom is -0.343 e. The van der Waals surface area contributed by atoms with Crippen molar-refractivity contribution in [3.63, 3.8) is 0 Å². The predicted molar refractivity (Wildman–Crippen MR) is 155 cm³/mol. The highest BCUT2D eigenvalue weighted by Crippen LogP contribution is 2.26. The first-order valence-electron chi connectivity index (χ1n) is 14.2. The van der Waals surface area contributed by atoms with E-state index in [2.05, 4.69) is 16.0 Å². The van der Waals surface area contributed by atoms with E-state index in [9.17, 15) is 24.0 Å². The molecule has 0 bridgehead atoms. The summed E-state index contributed by atoms with van der Waals surface area (Å²) in [6.07, 6.45) is 1.93. The van der Waals surface area contributed by atoms with Gasteiger partial charge in [0.15, 0.2) is 0 Å². The van der Waals surface area contributed by atoms with Crippen molar-refractivity contribution >= 4 is 35.2 Å². The van der Waals surface area contributed by atoms with Crippen LogP contribution < -0.4 is 16.0 Å². The van der Waals surface area contributed by atoms with Crippen LogP contribution >= 0.6 is 0 Å². The minimum atomic E-state index is -0.964. The fraction of sp³-hybridized carbons (Fsp3) is 0.452. The average Bonchev–Trinajstić information content (AvgIpc) is 3.47. The molecular weight excluding hydrogens is 522 g/mol. The minimum absolute atomic E-state index is 0.221. The third kappa shape index (κ3) is 6.58. The van der Waals surface area contributed by atoms with Crippen molar-refractivity contribution in [2.24, 2.45) is 5.92 Å².